The number of benzene rings is 1. The van der Waals surface area contributed by atoms with Gasteiger partial charge in [-0.3, -0.25) is 0 Å². The molecule has 2 amide bonds. The van der Waals surface area contributed by atoms with Gasteiger partial charge in [0.25, 0.3) is 0 Å². The van der Waals surface area contributed by atoms with Crippen molar-refractivity contribution < 1.29 is 9.53 Å². The summed E-state index contributed by atoms with van der Waals surface area (Å²) in [4.78, 5) is 13.8. The van der Waals surface area contributed by atoms with Crippen molar-refractivity contribution in [2.24, 2.45) is 0 Å². The molecule has 0 spiro atoms. The fourth-order valence-electron chi connectivity index (χ4n) is 1.85. The summed E-state index contributed by atoms with van der Waals surface area (Å²) in [5.41, 5.74) is 0. The average molecular weight is 343 g/mol. The van der Waals surface area contributed by atoms with Crippen LogP contribution in [0.2, 0.25) is 0 Å². The van der Waals surface area contributed by atoms with Crippen molar-refractivity contribution in [3.8, 4) is 5.75 Å². The standard InChI is InChI=1S/C15H23BrN2O2/c1-3-9-18(10-4-2)15(19)17-8-11-20-14-7-5-6-13(16)12-14/h5-7,12H,3-4,8-11H2,1-2H3,(H,17,19). The molecule has 20 heavy (non-hydrogen) atoms. The summed E-state index contributed by atoms with van der Waals surface area (Å²) in [6.07, 6.45) is 1.95. The normalized spacial score (nSPS) is 10.2. The molecule has 0 atom stereocenters. The van der Waals surface area contributed by atoms with Crippen molar-refractivity contribution in [1.29, 1.82) is 0 Å². The zero-order valence-corrected chi connectivity index (χ0v) is 13.8. The Morgan fingerprint density at radius 1 is 1.30 bits per heavy atom. The van der Waals surface area contributed by atoms with Crippen LogP contribution in [0, 0.1) is 0 Å². The first-order valence-corrected chi connectivity index (χ1v) is 7.87. The van der Waals surface area contributed by atoms with Gasteiger partial charge < -0.3 is 15.0 Å². The largest absolute Gasteiger partial charge is 0.492 e. The third kappa shape index (κ3) is 6.28. The van der Waals surface area contributed by atoms with Crippen molar-refractivity contribution in [1.82, 2.24) is 10.2 Å². The van der Waals surface area contributed by atoms with Crippen LogP contribution in [0.15, 0.2) is 28.7 Å². The van der Waals surface area contributed by atoms with Crippen LogP contribution in [0.4, 0.5) is 4.79 Å². The lowest BCUT2D eigenvalue weighted by Gasteiger charge is -2.21. The monoisotopic (exact) mass is 342 g/mol. The molecule has 0 unspecified atom stereocenters. The van der Waals surface area contributed by atoms with Gasteiger partial charge in [-0.25, -0.2) is 4.79 Å². The first-order valence-electron chi connectivity index (χ1n) is 7.08. The van der Waals surface area contributed by atoms with Crippen molar-refractivity contribution in [3.05, 3.63) is 28.7 Å². The second-order valence-corrected chi connectivity index (χ2v) is 5.44. The van der Waals surface area contributed by atoms with Crippen molar-refractivity contribution in [2.45, 2.75) is 26.7 Å². The van der Waals surface area contributed by atoms with Gasteiger partial charge in [-0.15, -0.1) is 0 Å². The van der Waals surface area contributed by atoms with Crippen LogP contribution in [0.25, 0.3) is 0 Å². The molecule has 0 aliphatic carbocycles. The summed E-state index contributed by atoms with van der Waals surface area (Å²) in [5.74, 6) is 0.799. The van der Waals surface area contributed by atoms with Crippen LogP contribution < -0.4 is 10.1 Å². The predicted octanol–water partition coefficient (Wildman–Crippen LogP) is 3.66. The SMILES string of the molecule is CCCN(CCC)C(=O)NCCOc1cccc(Br)c1. The van der Waals surface area contributed by atoms with Crippen LogP contribution in [0.3, 0.4) is 0 Å². The van der Waals surface area contributed by atoms with E-state index in [2.05, 4.69) is 35.1 Å². The molecular formula is C15H23BrN2O2. The van der Waals surface area contributed by atoms with Gasteiger partial charge in [-0.05, 0) is 31.0 Å². The van der Waals surface area contributed by atoms with E-state index in [-0.39, 0.29) is 6.03 Å². The Balaban J connectivity index is 2.27. The van der Waals surface area contributed by atoms with E-state index in [1.165, 1.54) is 0 Å². The third-order valence-corrected chi connectivity index (χ3v) is 3.21. The van der Waals surface area contributed by atoms with Crippen molar-refractivity contribution in [3.63, 3.8) is 0 Å². The van der Waals surface area contributed by atoms with Crippen molar-refractivity contribution in [2.75, 3.05) is 26.2 Å². The number of carbonyl (C=O) groups is 1. The number of ether oxygens (including phenoxy) is 1. The van der Waals surface area contributed by atoms with E-state index >= 15 is 0 Å². The fraction of sp³-hybridized carbons (Fsp3) is 0.533. The molecule has 0 saturated carbocycles. The molecule has 5 heteroatoms. The molecule has 0 saturated heterocycles. The van der Waals surface area contributed by atoms with Gasteiger partial charge in [0.2, 0.25) is 0 Å². The maximum atomic E-state index is 11.9. The maximum absolute atomic E-state index is 11.9. The number of hydrogen-bond donors (Lipinski definition) is 1. The first-order chi connectivity index (χ1) is 9.67. The maximum Gasteiger partial charge on any atom is 0.317 e. The minimum atomic E-state index is -0.00783. The highest BCUT2D eigenvalue weighted by Crippen LogP contribution is 2.17. The Hall–Kier alpha value is -1.23. The predicted molar refractivity (Wildman–Crippen MR) is 85.2 cm³/mol. The summed E-state index contributed by atoms with van der Waals surface area (Å²) in [6, 6.07) is 7.66. The summed E-state index contributed by atoms with van der Waals surface area (Å²) < 4.78 is 6.56. The Morgan fingerprint density at radius 2 is 2.00 bits per heavy atom. The summed E-state index contributed by atoms with van der Waals surface area (Å²) in [5, 5.41) is 2.89. The molecule has 0 aromatic heterocycles. The summed E-state index contributed by atoms with van der Waals surface area (Å²) >= 11 is 3.39. The second-order valence-electron chi connectivity index (χ2n) is 4.52. The number of nitrogens with one attached hydrogen (secondary N) is 1. The molecule has 0 aliphatic heterocycles. The second kappa shape index (κ2) is 9.64. The highest BCUT2D eigenvalue weighted by molar-refractivity contribution is 9.10. The lowest BCUT2D eigenvalue weighted by molar-refractivity contribution is 0.194. The molecule has 0 aliphatic rings. The lowest BCUT2D eigenvalue weighted by Crippen LogP contribution is -2.42. The molecule has 1 rings (SSSR count). The Bertz CT molecular complexity index is 407. The van der Waals surface area contributed by atoms with Crippen LogP contribution in [-0.2, 0) is 0 Å². The van der Waals surface area contributed by atoms with Gasteiger partial charge in [-0.2, -0.15) is 0 Å². The average Bonchev–Trinajstić information content (AvgIpc) is 2.43. The molecule has 1 N–H and O–H groups in total. The molecule has 0 heterocycles. The fourth-order valence-corrected chi connectivity index (χ4v) is 2.23. The number of rotatable bonds is 8. The molecule has 0 fully saturated rings. The summed E-state index contributed by atoms with van der Waals surface area (Å²) in [6.45, 7) is 6.72. The number of carbonyl (C=O) groups excluding carboxylic acids is 1. The Labute approximate surface area is 129 Å². The van der Waals surface area contributed by atoms with E-state index in [1.807, 2.05) is 29.2 Å². The minimum absolute atomic E-state index is 0.00783. The smallest absolute Gasteiger partial charge is 0.317 e. The van der Waals surface area contributed by atoms with E-state index in [0.717, 1.165) is 36.2 Å². The van der Waals surface area contributed by atoms with Crippen LogP contribution in [-0.4, -0.2) is 37.2 Å². The summed E-state index contributed by atoms with van der Waals surface area (Å²) in [7, 11) is 0. The van der Waals surface area contributed by atoms with Gasteiger partial charge in [-0.1, -0.05) is 35.8 Å². The van der Waals surface area contributed by atoms with Gasteiger partial charge in [0.05, 0.1) is 6.54 Å². The third-order valence-electron chi connectivity index (χ3n) is 2.72. The van der Waals surface area contributed by atoms with E-state index in [0.29, 0.717) is 13.2 Å². The number of urea groups is 1. The van der Waals surface area contributed by atoms with Gasteiger partial charge in [0.15, 0.2) is 0 Å². The Kier molecular flexibility index (Phi) is 8.11. The highest BCUT2D eigenvalue weighted by atomic mass is 79.9. The first kappa shape index (κ1) is 16.8. The van der Waals surface area contributed by atoms with E-state index in [4.69, 9.17) is 4.74 Å². The van der Waals surface area contributed by atoms with Gasteiger partial charge >= 0.3 is 6.03 Å². The highest BCUT2D eigenvalue weighted by Gasteiger charge is 2.10. The Morgan fingerprint density at radius 3 is 2.60 bits per heavy atom. The molecule has 1 aromatic rings. The van der Waals surface area contributed by atoms with E-state index < -0.39 is 0 Å². The molecule has 112 valence electrons. The van der Waals surface area contributed by atoms with Crippen LogP contribution in [0.1, 0.15) is 26.7 Å². The topological polar surface area (TPSA) is 41.6 Å². The van der Waals surface area contributed by atoms with Gasteiger partial charge in [0.1, 0.15) is 12.4 Å². The number of halogens is 1. The molecule has 4 nitrogen and oxygen atoms in total. The van der Waals surface area contributed by atoms with Crippen LogP contribution in [0.5, 0.6) is 5.75 Å². The minimum Gasteiger partial charge on any atom is -0.492 e. The van der Waals surface area contributed by atoms with Crippen LogP contribution >= 0.6 is 15.9 Å². The molecule has 0 radical (unpaired) electrons. The molecule has 0 bridgehead atoms. The van der Waals surface area contributed by atoms with Crippen molar-refractivity contribution >= 4 is 22.0 Å². The van der Waals surface area contributed by atoms with E-state index in [1.54, 1.807) is 0 Å². The van der Waals surface area contributed by atoms with E-state index in [9.17, 15) is 4.79 Å². The number of nitrogens with zero attached hydrogens (tertiary/aromatic N) is 1. The number of amides is 2. The molecular weight excluding hydrogens is 320 g/mol. The lowest BCUT2D eigenvalue weighted by atomic mass is 10.3. The number of hydrogen-bond acceptors (Lipinski definition) is 2. The van der Waals surface area contributed by atoms with Gasteiger partial charge in [0, 0.05) is 17.6 Å². The molecule has 1 aromatic carbocycles. The zero-order chi connectivity index (χ0) is 14.8. The zero-order valence-electron chi connectivity index (χ0n) is 12.2. The quantitative estimate of drug-likeness (QED) is 0.732.